The van der Waals surface area contributed by atoms with Crippen molar-refractivity contribution in [3.05, 3.63) is 65.7 Å². The molecule has 2 aromatic rings. The predicted molar refractivity (Wildman–Crippen MR) is 88.9 cm³/mol. The zero-order valence-corrected chi connectivity index (χ0v) is 13.6. The Labute approximate surface area is 140 Å². The number of rotatable bonds is 3. The van der Waals surface area contributed by atoms with Crippen molar-refractivity contribution >= 4 is 6.03 Å². The molecule has 0 radical (unpaired) electrons. The van der Waals surface area contributed by atoms with Crippen LogP contribution in [0, 0.1) is 5.82 Å². The fourth-order valence-electron chi connectivity index (χ4n) is 4.24. The molecular formula is C19H20FN3O. The molecule has 5 heteroatoms. The molecule has 1 aliphatic heterocycles. The van der Waals surface area contributed by atoms with E-state index in [-0.39, 0.29) is 29.8 Å². The highest BCUT2D eigenvalue weighted by molar-refractivity contribution is 5.78. The first-order chi connectivity index (χ1) is 11.6. The third kappa shape index (κ3) is 2.44. The zero-order valence-electron chi connectivity index (χ0n) is 13.6. The minimum Gasteiger partial charge on any atom is -0.323 e. The molecular weight excluding hydrogens is 305 g/mol. The number of hydrogen-bond acceptors (Lipinski definition) is 2. The average Bonchev–Trinajstić information content (AvgIpc) is 3.12. The Kier molecular flexibility index (Phi) is 3.71. The van der Waals surface area contributed by atoms with E-state index in [4.69, 9.17) is 0 Å². The summed E-state index contributed by atoms with van der Waals surface area (Å²) < 4.78 is 13.7. The fourth-order valence-corrected chi connectivity index (χ4v) is 4.24. The SMILES string of the molecule is CN1C(=O)N(Cc2ccncc2)[C@@H]2[C@H](c3cccc(F)c3)CC[C@@H]21. The van der Waals surface area contributed by atoms with E-state index in [1.54, 1.807) is 24.5 Å². The predicted octanol–water partition coefficient (Wildman–Crippen LogP) is 3.40. The molecule has 1 aromatic heterocycles. The number of aromatic nitrogens is 1. The maximum Gasteiger partial charge on any atom is 0.320 e. The normalized spacial score (nSPS) is 26.1. The van der Waals surface area contributed by atoms with E-state index in [9.17, 15) is 9.18 Å². The second kappa shape index (κ2) is 5.89. The number of benzene rings is 1. The lowest BCUT2D eigenvalue weighted by Crippen LogP contribution is -2.37. The van der Waals surface area contributed by atoms with Crippen molar-refractivity contribution in [2.75, 3.05) is 7.05 Å². The molecule has 2 amide bonds. The van der Waals surface area contributed by atoms with Crippen LogP contribution in [0.4, 0.5) is 9.18 Å². The number of nitrogens with zero attached hydrogens (tertiary/aromatic N) is 3. The maximum absolute atomic E-state index is 13.7. The fraction of sp³-hybridized carbons (Fsp3) is 0.368. The van der Waals surface area contributed by atoms with Gasteiger partial charge in [-0.05, 0) is 48.2 Å². The number of amides is 2. The number of fused-ring (bicyclic) bond motifs is 1. The monoisotopic (exact) mass is 325 g/mol. The average molecular weight is 325 g/mol. The molecule has 4 rings (SSSR count). The largest absolute Gasteiger partial charge is 0.323 e. The first kappa shape index (κ1) is 15.1. The van der Waals surface area contributed by atoms with E-state index in [0.717, 1.165) is 24.0 Å². The molecule has 0 unspecified atom stereocenters. The molecule has 24 heavy (non-hydrogen) atoms. The van der Waals surface area contributed by atoms with Gasteiger partial charge in [0.05, 0.1) is 12.1 Å². The van der Waals surface area contributed by atoms with Crippen LogP contribution in [-0.2, 0) is 6.54 Å². The Morgan fingerprint density at radius 1 is 1.21 bits per heavy atom. The van der Waals surface area contributed by atoms with Gasteiger partial charge in [-0.1, -0.05) is 12.1 Å². The first-order valence-corrected chi connectivity index (χ1v) is 8.33. The number of likely N-dealkylation sites (N-methyl/N-ethyl adjacent to an activating group) is 1. The number of carbonyl (C=O) groups is 1. The zero-order chi connectivity index (χ0) is 16.7. The molecule has 1 saturated carbocycles. The van der Waals surface area contributed by atoms with Gasteiger partial charge in [-0.25, -0.2) is 9.18 Å². The molecule has 1 aliphatic carbocycles. The molecule has 2 heterocycles. The Morgan fingerprint density at radius 3 is 2.75 bits per heavy atom. The van der Waals surface area contributed by atoms with Gasteiger partial charge < -0.3 is 9.80 Å². The Bertz CT molecular complexity index is 751. The summed E-state index contributed by atoms with van der Waals surface area (Å²) in [6.45, 7) is 0.568. The molecule has 4 nitrogen and oxygen atoms in total. The van der Waals surface area contributed by atoms with Crippen LogP contribution in [0.1, 0.15) is 29.9 Å². The number of halogens is 1. The summed E-state index contributed by atoms with van der Waals surface area (Å²) in [6, 6.07) is 11.0. The van der Waals surface area contributed by atoms with Crippen molar-refractivity contribution in [3.63, 3.8) is 0 Å². The topological polar surface area (TPSA) is 36.4 Å². The van der Waals surface area contributed by atoms with Crippen molar-refractivity contribution < 1.29 is 9.18 Å². The standard InChI is InChI=1S/C19H20FN3O/c1-22-17-6-5-16(14-3-2-4-15(20)11-14)18(17)23(19(22)24)12-13-7-9-21-10-8-13/h2-4,7-11,16-18H,5-6,12H2,1H3/t16-,17-,18+/m0/s1. The van der Waals surface area contributed by atoms with Gasteiger partial charge in [0.1, 0.15) is 5.82 Å². The number of pyridine rings is 1. The molecule has 3 atom stereocenters. The third-order valence-corrected chi connectivity index (χ3v) is 5.36. The van der Waals surface area contributed by atoms with Crippen molar-refractivity contribution in [1.82, 2.24) is 14.8 Å². The number of carbonyl (C=O) groups excluding carboxylic acids is 1. The highest BCUT2D eigenvalue weighted by Gasteiger charge is 2.51. The Morgan fingerprint density at radius 2 is 2.00 bits per heavy atom. The lowest BCUT2D eigenvalue weighted by molar-refractivity contribution is 0.182. The molecule has 0 spiro atoms. The smallest absolute Gasteiger partial charge is 0.320 e. The van der Waals surface area contributed by atoms with Crippen LogP contribution in [0.3, 0.4) is 0 Å². The van der Waals surface area contributed by atoms with Crippen LogP contribution in [0.25, 0.3) is 0 Å². The number of urea groups is 1. The third-order valence-electron chi connectivity index (χ3n) is 5.36. The molecule has 0 bridgehead atoms. The second-order valence-electron chi connectivity index (χ2n) is 6.67. The Balaban J connectivity index is 1.66. The summed E-state index contributed by atoms with van der Waals surface area (Å²) in [6.07, 6.45) is 5.43. The summed E-state index contributed by atoms with van der Waals surface area (Å²) in [5, 5.41) is 0. The van der Waals surface area contributed by atoms with Gasteiger partial charge in [-0.2, -0.15) is 0 Å². The van der Waals surface area contributed by atoms with Crippen molar-refractivity contribution in [2.45, 2.75) is 37.4 Å². The Hall–Kier alpha value is -2.43. The van der Waals surface area contributed by atoms with Crippen LogP contribution in [0.5, 0.6) is 0 Å². The maximum atomic E-state index is 13.7. The van der Waals surface area contributed by atoms with E-state index < -0.39 is 0 Å². The van der Waals surface area contributed by atoms with E-state index in [1.165, 1.54) is 6.07 Å². The van der Waals surface area contributed by atoms with Gasteiger partial charge in [0, 0.05) is 31.9 Å². The molecule has 2 fully saturated rings. The van der Waals surface area contributed by atoms with Gasteiger partial charge in [-0.15, -0.1) is 0 Å². The van der Waals surface area contributed by atoms with Gasteiger partial charge >= 0.3 is 6.03 Å². The van der Waals surface area contributed by atoms with Gasteiger partial charge in [0.2, 0.25) is 0 Å². The molecule has 1 saturated heterocycles. The van der Waals surface area contributed by atoms with Crippen LogP contribution in [0.15, 0.2) is 48.8 Å². The molecule has 1 aromatic carbocycles. The van der Waals surface area contributed by atoms with E-state index in [1.807, 2.05) is 35.0 Å². The van der Waals surface area contributed by atoms with Gasteiger partial charge in [0.25, 0.3) is 0 Å². The van der Waals surface area contributed by atoms with Gasteiger partial charge in [0.15, 0.2) is 0 Å². The van der Waals surface area contributed by atoms with Crippen molar-refractivity contribution in [3.8, 4) is 0 Å². The van der Waals surface area contributed by atoms with Crippen LogP contribution in [-0.4, -0.2) is 39.9 Å². The second-order valence-corrected chi connectivity index (χ2v) is 6.67. The lowest BCUT2D eigenvalue weighted by atomic mass is 9.92. The number of hydrogen-bond donors (Lipinski definition) is 0. The molecule has 2 aliphatic rings. The van der Waals surface area contributed by atoms with Crippen molar-refractivity contribution in [2.24, 2.45) is 0 Å². The molecule has 124 valence electrons. The highest BCUT2D eigenvalue weighted by Crippen LogP contribution is 2.44. The summed E-state index contributed by atoms with van der Waals surface area (Å²) in [7, 11) is 1.88. The lowest BCUT2D eigenvalue weighted by Gasteiger charge is -2.28. The van der Waals surface area contributed by atoms with Crippen LogP contribution < -0.4 is 0 Å². The summed E-state index contributed by atoms with van der Waals surface area (Å²) in [5.41, 5.74) is 2.06. The van der Waals surface area contributed by atoms with E-state index in [0.29, 0.717) is 6.54 Å². The highest BCUT2D eigenvalue weighted by atomic mass is 19.1. The molecule has 0 N–H and O–H groups in total. The quantitative estimate of drug-likeness (QED) is 0.867. The summed E-state index contributed by atoms with van der Waals surface area (Å²) in [5.74, 6) is -0.0317. The summed E-state index contributed by atoms with van der Waals surface area (Å²) >= 11 is 0. The first-order valence-electron chi connectivity index (χ1n) is 8.33. The summed E-state index contributed by atoms with van der Waals surface area (Å²) in [4.78, 5) is 20.6. The van der Waals surface area contributed by atoms with Gasteiger partial charge in [-0.3, -0.25) is 4.98 Å². The van der Waals surface area contributed by atoms with Crippen LogP contribution in [0.2, 0.25) is 0 Å². The van der Waals surface area contributed by atoms with E-state index >= 15 is 0 Å². The minimum atomic E-state index is -0.214. The van der Waals surface area contributed by atoms with Crippen LogP contribution >= 0.6 is 0 Å². The minimum absolute atomic E-state index is 0.0583. The van der Waals surface area contributed by atoms with E-state index in [2.05, 4.69) is 4.98 Å². The van der Waals surface area contributed by atoms with Crippen molar-refractivity contribution in [1.29, 1.82) is 0 Å².